The molecule has 1 N–H and O–H groups in total. The molecule has 0 fully saturated rings. The summed E-state index contributed by atoms with van der Waals surface area (Å²) in [5.41, 5.74) is 1.38. The van der Waals surface area contributed by atoms with Crippen LogP contribution in [0.25, 0.3) is 0 Å². The van der Waals surface area contributed by atoms with Crippen LogP contribution in [0.5, 0.6) is 0 Å². The Balaban J connectivity index is 1.56. The van der Waals surface area contributed by atoms with Crippen LogP contribution in [0.15, 0.2) is 36.5 Å². The zero-order chi connectivity index (χ0) is 15.4. The van der Waals surface area contributed by atoms with E-state index >= 15 is 0 Å². The molecule has 6 nitrogen and oxygen atoms in total. The van der Waals surface area contributed by atoms with E-state index in [-0.39, 0.29) is 18.6 Å². The van der Waals surface area contributed by atoms with Gasteiger partial charge in [0.1, 0.15) is 24.2 Å². The van der Waals surface area contributed by atoms with E-state index in [2.05, 4.69) is 10.3 Å². The van der Waals surface area contributed by atoms with Crippen molar-refractivity contribution in [2.75, 3.05) is 0 Å². The SMILES string of the molecule is O=Cc1cn2c(n1)CNC(C(=O)OCc1ccccc1)CC2. The van der Waals surface area contributed by atoms with Crippen LogP contribution in [-0.2, 0) is 29.2 Å². The minimum absolute atomic E-state index is 0.259. The van der Waals surface area contributed by atoms with Crippen molar-refractivity contribution in [2.24, 2.45) is 0 Å². The normalized spacial score (nSPS) is 17.4. The fourth-order valence-electron chi connectivity index (χ4n) is 2.48. The maximum Gasteiger partial charge on any atom is 0.323 e. The number of esters is 1. The van der Waals surface area contributed by atoms with Crippen LogP contribution < -0.4 is 5.32 Å². The van der Waals surface area contributed by atoms with E-state index in [0.717, 1.165) is 17.7 Å². The fraction of sp³-hybridized carbons (Fsp3) is 0.312. The number of aromatic nitrogens is 2. The zero-order valence-electron chi connectivity index (χ0n) is 12.1. The minimum atomic E-state index is -0.356. The molecule has 0 aliphatic carbocycles. The van der Waals surface area contributed by atoms with Crippen molar-refractivity contribution in [3.05, 3.63) is 53.6 Å². The van der Waals surface area contributed by atoms with E-state index in [0.29, 0.717) is 25.2 Å². The Morgan fingerprint density at radius 2 is 2.23 bits per heavy atom. The standard InChI is InChI=1S/C16H17N3O3/c20-10-13-9-19-7-6-14(17-8-15(19)18-13)16(21)22-11-12-4-2-1-3-5-12/h1-5,9-10,14,17H,6-8,11H2. The van der Waals surface area contributed by atoms with Gasteiger partial charge in [0.25, 0.3) is 0 Å². The lowest BCUT2D eigenvalue weighted by Crippen LogP contribution is -2.36. The summed E-state index contributed by atoms with van der Waals surface area (Å²) in [6, 6.07) is 9.24. The van der Waals surface area contributed by atoms with Crippen LogP contribution in [0.4, 0.5) is 0 Å². The first-order chi connectivity index (χ1) is 10.8. The molecule has 1 aliphatic heterocycles. The number of imidazole rings is 1. The lowest BCUT2D eigenvalue weighted by Gasteiger charge is -2.14. The van der Waals surface area contributed by atoms with Crippen LogP contribution in [0.2, 0.25) is 0 Å². The number of carbonyl (C=O) groups is 2. The second kappa shape index (κ2) is 6.53. The minimum Gasteiger partial charge on any atom is -0.460 e. The van der Waals surface area contributed by atoms with Gasteiger partial charge >= 0.3 is 5.97 Å². The summed E-state index contributed by atoms with van der Waals surface area (Å²) in [6.45, 7) is 1.35. The largest absolute Gasteiger partial charge is 0.460 e. The molecule has 1 aromatic carbocycles. The number of rotatable bonds is 4. The molecule has 0 bridgehead atoms. The number of carbonyl (C=O) groups excluding carboxylic acids is 2. The smallest absolute Gasteiger partial charge is 0.323 e. The molecule has 1 atom stereocenters. The van der Waals surface area contributed by atoms with Gasteiger partial charge in [0.15, 0.2) is 6.29 Å². The second-order valence-corrected chi connectivity index (χ2v) is 5.21. The van der Waals surface area contributed by atoms with E-state index < -0.39 is 0 Å². The number of fused-ring (bicyclic) bond motifs is 1. The van der Waals surface area contributed by atoms with Crippen molar-refractivity contribution < 1.29 is 14.3 Å². The number of nitrogens with zero attached hydrogens (tertiary/aromatic N) is 2. The summed E-state index contributed by atoms with van der Waals surface area (Å²) in [6.07, 6.45) is 3.05. The fourth-order valence-corrected chi connectivity index (χ4v) is 2.48. The van der Waals surface area contributed by atoms with Crippen LogP contribution in [0, 0.1) is 0 Å². The highest BCUT2D eigenvalue weighted by atomic mass is 16.5. The van der Waals surface area contributed by atoms with Crippen LogP contribution in [-0.4, -0.2) is 27.8 Å². The highest BCUT2D eigenvalue weighted by Crippen LogP contribution is 2.11. The van der Waals surface area contributed by atoms with Gasteiger partial charge in [-0.3, -0.25) is 14.9 Å². The maximum atomic E-state index is 12.1. The summed E-state index contributed by atoms with van der Waals surface area (Å²) in [7, 11) is 0. The monoisotopic (exact) mass is 299 g/mol. The topological polar surface area (TPSA) is 73.2 Å². The molecule has 6 heteroatoms. The molecular weight excluding hydrogens is 282 g/mol. The maximum absolute atomic E-state index is 12.1. The summed E-state index contributed by atoms with van der Waals surface area (Å²) in [5, 5.41) is 3.14. The Morgan fingerprint density at radius 3 is 3.00 bits per heavy atom. The average molecular weight is 299 g/mol. The lowest BCUT2D eigenvalue weighted by molar-refractivity contribution is -0.147. The highest BCUT2D eigenvalue weighted by molar-refractivity contribution is 5.76. The number of aryl methyl sites for hydroxylation is 1. The number of aldehydes is 1. The molecule has 0 amide bonds. The van der Waals surface area contributed by atoms with Crippen molar-refractivity contribution in [1.29, 1.82) is 0 Å². The predicted molar refractivity (Wildman–Crippen MR) is 79.1 cm³/mol. The highest BCUT2D eigenvalue weighted by Gasteiger charge is 2.24. The molecule has 3 rings (SSSR count). The van der Waals surface area contributed by atoms with Crippen molar-refractivity contribution in [1.82, 2.24) is 14.9 Å². The van der Waals surface area contributed by atoms with Crippen LogP contribution in [0.3, 0.4) is 0 Å². The van der Waals surface area contributed by atoms with Gasteiger partial charge in [0, 0.05) is 12.7 Å². The van der Waals surface area contributed by atoms with Gasteiger partial charge in [0.05, 0.1) is 6.54 Å². The molecule has 1 aromatic heterocycles. The van der Waals surface area contributed by atoms with Crippen molar-refractivity contribution >= 4 is 12.3 Å². The Bertz CT molecular complexity index is 641. The molecule has 2 heterocycles. The van der Waals surface area contributed by atoms with E-state index in [1.807, 2.05) is 34.9 Å². The van der Waals surface area contributed by atoms with Gasteiger partial charge in [0.2, 0.25) is 0 Å². The van der Waals surface area contributed by atoms with Gasteiger partial charge in [-0.25, -0.2) is 4.98 Å². The van der Waals surface area contributed by atoms with Crippen molar-refractivity contribution in [3.63, 3.8) is 0 Å². The first kappa shape index (κ1) is 14.5. The summed E-state index contributed by atoms with van der Waals surface area (Å²) >= 11 is 0. The summed E-state index contributed by atoms with van der Waals surface area (Å²) < 4.78 is 7.26. The Kier molecular flexibility index (Phi) is 4.29. The molecule has 1 aliphatic rings. The third kappa shape index (κ3) is 3.23. The third-order valence-electron chi connectivity index (χ3n) is 3.67. The number of ether oxygens (including phenoxy) is 1. The summed E-state index contributed by atoms with van der Waals surface area (Å²) in [5.74, 6) is 0.505. The molecule has 0 saturated heterocycles. The van der Waals surface area contributed by atoms with Gasteiger partial charge in [-0.15, -0.1) is 0 Å². The van der Waals surface area contributed by atoms with Gasteiger partial charge in [-0.2, -0.15) is 0 Å². The first-order valence-electron chi connectivity index (χ1n) is 7.21. The Hall–Kier alpha value is -2.47. The molecule has 114 valence electrons. The molecule has 0 radical (unpaired) electrons. The van der Waals surface area contributed by atoms with Crippen molar-refractivity contribution in [2.45, 2.75) is 32.2 Å². The van der Waals surface area contributed by atoms with Gasteiger partial charge in [-0.1, -0.05) is 30.3 Å². The number of benzene rings is 1. The van der Waals surface area contributed by atoms with E-state index in [1.165, 1.54) is 0 Å². The Morgan fingerprint density at radius 1 is 1.41 bits per heavy atom. The first-order valence-corrected chi connectivity index (χ1v) is 7.21. The molecule has 0 spiro atoms. The molecular formula is C16H17N3O3. The van der Waals surface area contributed by atoms with Crippen LogP contribution in [0.1, 0.15) is 28.3 Å². The van der Waals surface area contributed by atoms with Crippen LogP contribution >= 0.6 is 0 Å². The Labute approximate surface area is 128 Å². The second-order valence-electron chi connectivity index (χ2n) is 5.21. The quantitative estimate of drug-likeness (QED) is 0.680. The van der Waals surface area contributed by atoms with E-state index in [9.17, 15) is 9.59 Å². The number of hydrogen-bond acceptors (Lipinski definition) is 5. The molecule has 0 saturated carbocycles. The lowest BCUT2D eigenvalue weighted by atomic mass is 10.2. The summed E-state index contributed by atoms with van der Waals surface area (Å²) in [4.78, 5) is 27.1. The third-order valence-corrected chi connectivity index (χ3v) is 3.67. The molecule has 1 unspecified atom stereocenters. The molecule has 2 aromatic rings. The predicted octanol–water partition coefficient (Wildman–Crippen LogP) is 1.30. The van der Waals surface area contributed by atoms with E-state index in [4.69, 9.17) is 4.74 Å². The average Bonchev–Trinajstić information content (AvgIpc) is 2.86. The number of nitrogens with one attached hydrogen (secondary N) is 1. The number of hydrogen-bond donors (Lipinski definition) is 1. The van der Waals surface area contributed by atoms with Gasteiger partial charge in [-0.05, 0) is 12.0 Å². The molecule has 22 heavy (non-hydrogen) atoms. The van der Waals surface area contributed by atoms with E-state index in [1.54, 1.807) is 6.20 Å². The van der Waals surface area contributed by atoms with Gasteiger partial charge < -0.3 is 9.30 Å². The zero-order valence-corrected chi connectivity index (χ0v) is 12.1. The van der Waals surface area contributed by atoms with Crippen molar-refractivity contribution in [3.8, 4) is 0 Å².